The number of nitrogens with zero attached hydrogens (tertiary/aromatic N) is 2. The van der Waals surface area contributed by atoms with Crippen LogP contribution in [0.2, 0.25) is 5.02 Å². The second-order valence-corrected chi connectivity index (χ2v) is 6.37. The van der Waals surface area contributed by atoms with Gasteiger partial charge in [-0.3, -0.25) is 4.79 Å². The predicted molar refractivity (Wildman–Crippen MR) is 94.8 cm³/mol. The second kappa shape index (κ2) is 7.15. The summed E-state index contributed by atoms with van der Waals surface area (Å²) < 4.78 is 15.5. The van der Waals surface area contributed by atoms with Crippen LogP contribution in [0.25, 0.3) is 0 Å². The summed E-state index contributed by atoms with van der Waals surface area (Å²) in [7, 11) is 0. The van der Waals surface area contributed by atoms with Gasteiger partial charge in [-0.2, -0.15) is 5.10 Å². The highest BCUT2D eigenvalue weighted by atomic mass is 79.9. The molecule has 7 heteroatoms. The molecule has 1 aromatic heterocycles. The zero-order valence-corrected chi connectivity index (χ0v) is 14.7. The average molecular weight is 409 g/mol. The van der Waals surface area contributed by atoms with E-state index in [0.29, 0.717) is 21.9 Å². The molecular weight excluding hydrogens is 397 g/mol. The third-order valence-corrected chi connectivity index (χ3v) is 4.32. The first-order chi connectivity index (χ1) is 11.5. The van der Waals surface area contributed by atoms with Crippen LogP contribution in [0, 0.1) is 5.82 Å². The molecule has 0 atom stereocenters. The van der Waals surface area contributed by atoms with Gasteiger partial charge in [0, 0.05) is 15.6 Å². The zero-order chi connectivity index (χ0) is 17.1. The van der Waals surface area contributed by atoms with Crippen LogP contribution in [-0.4, -0.2) is 15.7 Å². The van der Waals surface area contributed by atoms with Crippen molar-refractivity contribution in [3.8, 4) is 0 Å². The van der Waals surface area contributed by atoms with Gasteiger partial charge in [-0.15, -0.1) is 0 Å². The fourth-order valence-corrected chi connectivity index (χ4v) is 2.74. The number of hydrogen-bond acceptors (Lipinski definition) is 2. The monoisotopic (exact) mass is 407 g/mol. The molecule has 122 valence electrons. The van der Waals surface area contributed by atoms with Crippen LogP contribution >= 0.6 is 27.5 Å². The van der Waals surface area contributed by atoms with E-state index in [2.05, 4.69) is 26.3 Å². The SMILES string of the molecule is O=C(Nc1ccnn1Cc1ccc(Cl)cc1)c1cc(F)ccc1Br. The van der Waals surface area contributed by atoms with Crippen molar-refractivity contribution in [2.45, 2.75) is 6.54 Å². The number of carbonyl (C=O) groups is 1. The third kappa shape index (κ3) is 3.83. The van der Waals surface area contributed by atoms with Crippen molar-refractivity contribution in [1.29, 1.82) is 0 Å². The van der Waals surface area contributed by atoms with Crippen LogP contribution in [0.1, 0.15) is 15.9 Å². The van der Waals surface area contributed by atoms with Crippen molar-refractivity contribution in [3.05, 3.63) is 81.2 Å². The van der Waals surface area contributed by atoms with Gasteiger partial charge in [-0.1, -0.05) is 23.7 Å². The van der Waals surface area contributed by atoms with Crippen molar-refractivity contribution >= 4 is 39.3 Å². The van der Waals surface area contributed by atoms with E-state index in [1.165, 1.54) is 18.2 Å². The lowest BCUT2D eigenvalue weighted by Gasteiger charge is -2.10. The van der Waals surface area contributed by atoms with Crippen molar-refractivity contribution < 1.29 is 9.18 Å². The summed E-state index contributed by atoms with van der Waals surface area (Å²) >= 11 is 9.13. The molecular formula is C17H12BrClFN3O. The maximum atomic E-state index is 13.4. The van der Waals surface area contributed by atoms with E-state index in [-0.39, 0.29) is 5.56 Å². The van der Waals surface area contributed by atoms with Crippen molar-refractivity contribution in [3.63, 3.8) is 0 Å². The summed E-state index contributed by atoms with van der Waals surface area (Å²) in [5, 5.41) is 7.61. The summed E-state index contributed by atoms with van der Waals surface area (Å²) in [5.74, 6) is -0.372. The van der Waals surface area contributed by atoms with E-state index in [1.807, 2.05) is 12.1 Å². The van der Waals surface area contributed by atoms with Crippen LogP contribution < -0.4 is 5.32 Å². The molecule has 0 saturated carbocycles. The molecule has 0 radical (unpaired) electrons. The molecule has 2 aromatic carbocycles. The van der Waals surface area contributed by atoms with Crippen LogP contribution in [-0.2, 0) is 6.54 Å². The molecule has 24 heavy (non-hydrogen) atoms. The van der Waals surface area contributed by atoms with Gasteiger partial charge in [-0.05, 0) is 51.8 Å². The lowest BCUT2D eigenvalue weighted by molar-refractivity contribution is 0.102. The number of carbonyl (C=O) groups excluding carboxylic acids is 1. The summed E-state index contributed by atoms with van der Waals surface area (Å²) in [6, 6.07) is 13.0. The van der Waals surface area contributed by atoms with Gasteiger partial charge in [0.25, 0.3) is 5.91 Å². The average Bonchev–Trinajstić information content (AvgIpc) is 2.98. The summed E-state index contributed by atoms with van der Waals surface area (Å²) in [6.07, 6.45) is 1.59. The minimum Gasteiger partial charge on any atom is -0.307 e. The molecule has 0 saturated heterocycles. The van der Waals surface area contributed by atoms with Gasteiger partial charge >= 0.3 is 0 Å². The van der Waals surface area contributed by atoms with Crippen molar-refractivity contribution in [2.24, 2.45) is 0 Å². The molecule has 1 amide bonds. The van der Waals surface area contributed by atoms with Gasteiger partial charge in [0.1, 0.15) is 11.6 Å². The Kier molecular flexibility index (Phi) is 4.97. The predicted octanol–water partition coefficient (Wildman–Crippen LogP) is 4.74. The molecule has 3 aromatic rings. The lowest BCUT2D eigenvalue weighted by Crippen LogP contribution is -2.17. The van der Waals surface area contributed by atoms with Crippen LogP contribution in [0.5, 0.6) is 0 Å². The van der Waals surface area contributed by atoms with E-state index >= 15 is 0 Å². The highest BCUT2D eigenvalue weighted by Crippen LogP contribution is 2.20. The van der Waals surface area contributed by atoms with Gasteiger partial charge in [-0.25, -0.2) is 9.07 Å². The number of halogens is 3. The lowest BCUT2D eigenvalue weighted by atomic mass is 10.2. The molecule has 3 rings (SSSR count). The smallest absolute Gasteiger partial charge is 0.258 e. The van der Waals surface area contributed by atoms with Crippen LogP contribution in [0.4, 0.5) is 10.2 Å². The summed E-state index contributed by atoms with van der Waals surface area (Å²) in [5.41, 5.74) is 1.21. The van der Waals surface area contributed by atoms with Crippen molar-refractivity contribution in [2.75, 3.05) is 5.32 Å². The first kappa shape index (κ1) is 16.7. The normalized spacial score (nSPS) is 10.6. The topological polar surface area (TPSA) is 46.9 Å². The Labute approximate surface area is 151 Å². The van der Waals surface area contributed by atoms with E-state index in [9.17, 15) is 9.18 Å². The Bertz CT molecular complexity index is 880. The molecule has 4 nitrogen and oxygen atoms in total. The number of rotatable bonds is 4. The Morgan fingerprint density at radius 1 is 1.21 bits per heavy atom. The highest BCUT2D eigenvalue weighted by Gasteiger charge is 2.14. The van der Waals surface area contributed by atoms with Crippen LogP contribution in [0.3, 0.4) is 0 Å². The number of aromatic nitrogens is 2. The van der Waals surface area contributed by atoms with E-state index in [0.717, 1.165) is 5.56 Å². The Hall–Kier alpha value is -2.18. The third-order valence-electron chi connectivity index (χ3n) is 3.38. The maximum absolute atomic E-state index is 13.4. The highest BCUT2D eigenvalue weighted by molar-refractivity contribution is 9.10. The molecule has 0 aliphatic rings. The molecule has 1 heterocycles. The van der Waals surface area contributed by atoms with Gasteiger partial charge in [0.05, 0.1) is 18.3 Å². The number of benzene rings is 2. The molecule has 0 aliphatic carbocycles. The minimum absolute atomic E-state index is 0.217. The van der Waals surface area contributed by atoms with Gasteiger partial charge < -0.3 is 5.32 Å². The first-order valence-electron chi connectivity index (χ1n) is 7.05. The fraction of sp³-hybridized carbons (Fsp3) is 0.0588. The minimum atomic E-state index is -0.474. The summed E-state index contributed by atoms with van der Waals surface area (Å²) in [6.45, 7) is 0.476. The van der Waals surface area contributed by atoms with E-state index in [4.69, 9.17) is 11.6 Å². The number of nitrogens with one attached hydrogen (secondary N) is 1. The largest absolute Gasteiger partial charge is 0.307 e. The van der Waals surface area contributed by atoms with Gasteiger partial charge in [0.15, 0.2) is 0 Å². The Balaban J connectivity index is 1.79. The molecule has 0 fully saturated rings. The molecule has 0 bridgehead atoms. The van der Waals surface area contributed by atoms with E-state index < -0.39 is 11.7 Å². The van der Waals surface area contributed by atoms with E-state index in [1.54, 1.807) is 29.1 Å². The number of hydrogen-bond donors (Lipinski definition) is 1. The molecule has 1 N–H and O–H groups in total. The van der Waals surface area contributed by atoms with Crippen molar-refractivity contribution in [1.82, 2.24) is 9.78 Å². The quantitative estimate of drug-likeness (QED) is 0.678. The van der Waals surface area contributed by atoms with Crippen LogP contribution in [0.15, 0.2) is 59.2 Å². The zero-order valence-electron chi connectivity index (χ0n) is 12.3. The Morgan fingerprint density at radius 2 is 1.96 bits per heavy atom. The maximum Gasteiger partial charge on any atom is 0.258 e. The number of anilines is 1. The molecule has 0 aliphatic heterocycles. The molecule has 0 unspecified atom stereocenters. The van der Waals surface area contributed by atoms with Gasteiger partial charge in [0.2, 0.25) is 0 Å². The second-order valence-electron chi connectivity index (χ2n) is 5.08. The number of amides is 1. The first-order valence-corrected chi connectivity index (χ1v) is 8.23. The Morgan fingerprint density at radius 3 is 2.71 bits per heavy atom. The fourth-order valence-electron chi connectivity index (χ4n) is 2.18. The summed E-state index contributed by atoms with van der Waals surface area (Å²) in [4.78, 5) is 12.4. The molecule has 0 spiro atoms. The standard InChI is InChI=1S/C17H12BrClFN3O/c18-15-6-5-13(20)9-14(15)17(24)22-16-7-8-21-23(16)10-11-1-3-12(19)4-2-11/h1-9H,10H2,(H,22,24).